The molecule has 0 aromatic carbocycles. The summed E-state index contributed by atoms with van der Waals surface area (Å²) in [6.07, 6.45) is -2.62. The minimum atomic E-state index is -4.10. The van der Waals surface area contributed by atoms with Crippen molar-refractivity contribution in [2.45, 2.75) is 19.0 Å². The van der Waals surface area contributed by atoms with Crippen molar-refractivity contribution in [1.29, 1.82) is 0 Å². The van der Waals surface area contributed by atoms with Gasteiger partial charge in [0.15, 0.2) is 0 Å². The summed E-state index contributed by atoms with van der Waals surface area (Å²) < 4.78 is 36.9. The summed E-state index contributed by atoms with van der Waals surface area (Å²) >= 11 is 0. The second-order valence-corrected chi connectivity index (χ2v) is 5.87. The van der Waals surface area contributed by atoms with Crippen LogP contribution in [-0.4, -0.2) is 79.6 Å². The number of piperazine rings is 1. The van der Waals surface area contributed by atoms with Gasteiger partial charge >= 0.3 is 6.18 Å². The van der Waals surface area contributed by atoms with Crippen LogP contribution in [-0.2, 0) is 4.79 Å². The van der Waals surface area contributed by atoms with Crippen molar-refractivity contribution in [2.75, 3.05) is 52.9 Å². The van der Waals surface area contributed by atoms with Crippen molar-refractivity contribution in [3.8, 4) is 0 Å². The SMILES string of the molecule is CN1CC(CN2CCN(CC(F)(F)F)CC2)CCC1=O. The lowest BCUT2D eigenvalue weighted by molar-refractivity contribution is -0.149. The van der Waals surface area contributed by atoms with Crippen molar-refractivity contribution in [1.82, 2.24) is 14.7 Å². The largest absolute Gasteiger partial charge is 0.401 e. The molecular weight excluding hydrogens is 271 g/mol. The van der Waals surface area contributed by atoms with Crippen LogP contribution in [0.3, 0.4) is 0 Å². The number of hydrogen-bond acceptors (Lipinski definition) is 3. The van der Waals surface area contributed by atoms with E-state index in [4.69, 9.17) is 0 Å². The zero-order chi connectivity index (χ0) is 14.8. The molecule has 2 aliphatic heterocycles. The number of piperidine rings is 1. The Bertz CT molecular complexity index is 340. The zero-order valence-electron chi connectivity index (χ0n) is 11.8. The molecular formula is C13H22F3N3O. The second kappa shape index (κ2) is 6.30. The maximum Gasteiger partial charge on any atom is 0.401 e. The summed E-state index contributed by atoms with van der Waals surface area (Å²) in [6.45, 7) is 3.16. The Kier molecular flexibility index (Phi) is 4.90. The van der Waals surface area contributed by atoms with E-state index in [-0.39, 0.29) is 5.91 Å². The number of amides is 1. The molecule has 0 bridgehead atoms. The van der Waals surface area contributed by atoms with Crippen molar-refractivity contribution in [3.63, 3.8) is 0 Å². The van der Waals surface area contributed by atoms with Crippen LogP contribution in [0.15, 0.2) is 0 Å². The molecule has 0 spiro atoms. The summed E-state index contributed by atoms with van der Waals surface area (Å²) in [7, 11) is 1.82. The maximum atomic E-state index is 12.3. The molecule has 0 aliphatic carbocycles. The summed E-state index contributed by atoms with van der Waals surface area (Å²) in [4.78, 5) is 16.9. The molecule has 2 fully saturated rings. The van der Waals surface area contributed by atoms with E-state index in [0.717, 1.165) is 19.5 Å². The zero-order valence-corrected chi connectivity index (χ0v) is 11.8. The van der Waals surface area contributed by atoms with Crippen LogP contribution in [0.25, 0.3) is 0 Å². The van der Waals surface area contributed by atoms with Gasteiger partial charge in [-0.25, -0.2) is 0 Å². The Morgan fingerprint density at radius 2 is 1.75 bits per heavy atom. The highest BCUT2D eigenvalue weighted by atomic mass is 19.4. The van der Waals surface area contributed by atoms with E-state index >= 15 is 0 Å². The average Bonchev–Trinajstić information content (AvgIpc) is 2.35. The number of alkyl halides is 3. The molecule has 0 radical (unpaired) electrons. The second-order valence-electron chi connectivity index (χ2n) is 5.87. The van der Waals surface area contributed by atoms with Gasteiger partial charge in [-0.1, -0.05) is 0 Å². The van der Waals surface area contributed by atoms with Crippen LogP contribution in [0.2, 0.25) is 0 Å². The smallest absolute Gasteiger partial charge is 0.345 e. The fraction of sp³-hybridized carbons (Fsp3) is 0.923. The molecule has 116 valence electrons. The highest BCUT2D eigenvalue weighted by molar-refractivity contribution is 5.76. The molecule has 2 rings (SSSR count). The van der Waals surface area contributed by atoms with E-state index in [1.54, 1.807) is 4.90 Å². The third-order valence-corrected chi connectivity index (χ3v) is 4.11. The fourth-order valence-corrected chi connectivity index (χ4v) is 3.00. The first-order chi connectivity index (χ1) is 9.33. The minimum absolute atomic E-state index is 0.191. The first-order valence-electron chi connectivity index (χ1n) is 7.09. The predicted octanol–water partition coefficient (Wildman–Crippen LogP) is 1.03. The van der Waals surface area contributed by atoms with E-state index in [1.165, 1.54) is 4.90 Å². The van der Waals surface area contributed by atoms with Crippen LogP contribution in [0, 0.1) is 5.92 Å². The van der Waals surface area contributed by atoms with Crippen LogP contribution < -0.4 is 0 Å². The Balaban J connectivity index is 1.71. The van der Waals surface area contributed by atoms with Crippen molar-refractivity contribution in [2.24, 2.45) is 5.92 Å². The van der Waals surface area contributed by atoms with Crippen LogP contribution >= 0.6 is 0 Å². The van der Waals surface area contributed by atoms with Gasteiger partial charge in [-0.3, -0.25) is 9.69 Å². The lowest BCUT2D eigenvalue weighted by Crippen LogP contribution is -2.51. The average molecular weight is 293 g/mol. The monoisotopic (exact) mass is 293 g/mol. The number of halogens is 3. The van der Waals surface area contributed by atoms with E-state index in [0.29, 0.717) is 38.5 Å². The quantitative estimate of drug-likeness (QED) is 0.778. The van der Waals surface area contributed by atoms with E-state index in [2.05, 4.69) is 4.90 Å². The summed E-state index contributed by atoms with van der Waals surface area (Å²) in [5.74, 6) is 0.642. The molecule has 2 saturated heterocycles. The lowest BCUT2D eigenvalue weighted by atomic mass is 9.97. The number of likely N-dealkylation sites (tertiary alicyclic amines) is 1. The molecule has 2 aliphatic rings. The Labute approximate surface area is 117 Å². The Morgan fingerprint density at radius 3 is 2.30 bits per heavy atom. The molecule has 20 heavy (non-hydrogen) atoms. The van der Waals surface area contributed by atoms with Gasteiger partial charge in [0.1, 0.15) is 0 Å². The molecule has 1 unspecified atom stereocenters. The number of hydrogen-bond donors (Lipinski definition) is 0. The molecule has 0 N–H and O–H groups in total. The summed E-state index contributed by atoms with van der Waals surface area (Å²) in [5, 5.41) is 0. The van der Waals surface area contributed by atoms with Crippen molar-refractivity contribution in [3.05, 3.63) is 0 Å². The number of carbonyl (C=O) groups excluding carboxylic acids is 1. The highest BCUT2D eigenvalue weighted by Crippen LogP contribution is 2.20. The molecule has 2 heterocycles. The van der Waals surface area contributed by atoms with Crippen molar-refractivity contribution >= 4 is 5.91 Å². The lowest BCUT2D eigenvalue weighted by Gasteiger charge is -2.38. The van der Waals surface area contributed by atoms with E-state index in [9.17, 15) is 18.0 Å². The van der Waals surface area contributed by atoms with Gasteiger partial charge in [-0.15, -0.1) is 0 Å². The Morgan fingerprint density at radius 1 is 1.15 bits per heavy atom. The number of carbonyl (C=O) groups is 1. The fourth-order valence-electron chi connectivity index (χ4n) is 3.00. The van der Waals surface area contributed by atoms with Gasteiger partial charge in [-0.05, 0) is 12.3 Å². The van der Waals surface area contributed by atoms with Gasteiger partial charge in [0.05, 0.1) is 6.54 Å². The predicted molar refractivity (Wildman–Crippen MR) is 69.3 cm³/mol. The first-order valence-corrected chi connectivity index (χ1v) is 7.09. The normalized spacial score (nSPS) is 27.1. The number of nitrogens with zero attached hydrogens (tertiary/aromatic N) is 3. The molecule has 7 heteroatoms. The molecule has 1 atom stereocenters. The maximum absolute atomic E-state index is 12.3. The van der Waals surface area contributed by atoms with Gasteiger partial charge in [0.2, 0.25) is 5.91 Å². The third-order valence-electron chi connectivity index (χ3n) is 4.11. The molecule has 4 nitrogen and oxygen atoms in total. The molecule has 0 aromatic heterocycles. The Hall–Kier alpha value is -0.820. The van der Waals surface area contributed by atoms with Gasteiger partial charge < -0.3 is 9.80 Å². The van der Waals surface area contributed by atoms with Crippen LogP contribution in [0.4, 0.5) is 13.2 Å². The molecule has 0 saturated carbocycles. The van der Waals surface area contributed by atoms with Crippen LogP contribution in [0.1, 0.15) is 12.8 Å². The standard InChI is InChI=1S/C13H22F3N3O/c1-17-8-11(2-3-12(17)20)9-18-4-6-19(7-5-18)10-13(14,15)16/h11H,2-10H2,1H3. The highest BCUT2D eigenvalue weighted by Gasteiger charge is 2.32. The first kappa shape index (κ1) is 15.6. The minimum Gasteiger partial charge on any atom is -0.345 e. The van der Waals surface area contributed by atoms with Gasteiger partial charge in [0.25, 0.3) is 0 Å². The summed E-state index contributed by atoms with van der Waals surface area (Å²) in [5.41, 5.74) is 0. The summed E-state index contributed by atoms with van der Waals surface area (Å²) in [6, 6.07) is 0. The number of rotatable bonds is 3. The van der Waals surface area contributed by atoms with Gasteiger partial charge in [-0.2, -0.15) is 13.2 Å². The molecule has 0 aromatic rings. The van der Waals surface area contributed by atoms with Crippen molar-refractivity contribution < 1.29 is 18.0 Å². The third kappa shape index (κ3) is 4.63. The van der Waals surface area contributed by atoms with E-state index in [1.807, 2.05) is 7.05 Å². The molecule has 1 amide bonds. The van der Waals surface area contributed by atoms with E-state index < -0.39 is 12.7 Å². The van der Waals surface area contributed by atoms with Gasteiger partial charge in [0, 0.05) is 52.7 Å². The van der Waals surface area contributed by atoms with Crippen LogP contribution in [0.5, 0.6) is 0 Å². The topological polar surface area (TPSA) is 26.8 Å².